The highest BCUT2D eigenvalue weighted by Gasteiger charge is 2.47. The highest BCUT2D eigenvalue weighted by atomic mass is 19.1. The standard InChI is InChI=1S/C20H22FN3O2/c1-11-18(23-20-17(26)4-3-9-22-20)15-10-14(21)7-8-16(15)24(12(2)25)19(11)13-5-6-13/h3-4,7-11,13,18-19,26H,5-6H2,1-2H3,(H,22,23)/t11-,18-,19-/m1/s1. The second-order valence-electron chi connectivity index (χ2n) is 7.27. The number of carbonyl (C=O) groups is 1. The third-order valence-corrected chi connectivity index (χ3v) is 5.47. The largest absolute Gasteiger partial charge is 0.504 e. The van der Waals surface area contributed by atoms with Gasteiger partial charge in [0.1, 0.15) is 5.82 Å². The number of hydrogen-bond acceptors (Lipinski definition) is 4. The van der Waals surface area contributed by atoms with Crippen LogP contribution in [-0.4, -0.2) is 22.0 Å². The number of nitrogens with one attached hydrogen (secondary N) is 1. The van der Waals surface area contributed by atoms with Crippen molar-refractivity contribution in [1.29, 1.82) is 0 Å². The molecule has 1 amide bonds. The lowest BCUT2D eigenvalue weighted by Gasteiger charge is -2.45. The first kappa shape index (κ1) is 16.8. The Hall–Kier alpha value is -2.63. The topological polar surface area (TPSA) is 65.5 Å². The monoisotopic (exact) mass is 355 g/mol. The average molecular weight is 355 g/mol. The van der Waals surface area contributed by atoms with Gasteiger partial charge >= 0.3 is 0 Å². The molecule has 2 N–H and O–H groups in total. The van der Waals surface area contributed by atoms with E-state index in [0.29, 0.717) is 11.7 Å². The summed E-state index contributed by atoms with van der Waals surface area (Å²) in [6.45, 7) is 3.64. The number of fused-ring (bicyclic) bond motifs is 1. The summed E-state index contributed by atoms with van der Waals surface area (Å²) >= 11 is 0. The normalized spacial score (nSPS) is 24.9. The summed E-state index contributed by atoms with van der Waals surface area (Å²) in [6, 6.07) is 7.57. The van der Waals surface area contributed by atoms with E-state index in [4.69, 9.17) is 0 Å². The molecule has 1 saturated carbocycles. The zero-order chi connectivity index (χ0) is 18.4. The van der Waals surface area contributed by atoms with Crippen LogP contribution in [0.3, 0.4) is 0 Å². The maximum atomic E-state index is 14.0. The summed E-state index contributed by atoms with van der Waals surface area (Å²) in [5.41, 5.74) is 1.46. The predicted octanol–water partition coefficient (Wildman–Crippen LogP) is 3.86. The molecule has 1 aromatic heterocycles. The zero-order valence-electron chi connectivity index (χ0n) is 14.8. The van der Waals surface area contributed by atoms with Crippen LogP contribution in [0.4, 0.5) is 15.9 Å². The molecule has 1 fully saturated rings. The van der Waals surface area contributed by atoms with Crippen LogP contribution in [-0.2, 0) is 4.79 Å². The molecule has 0 saturated heterocycles. The van der Waals surface area contributed by atoms with Gasteiger partial charge in [0.25, 0.3) is 0 Å². The van der Waals surface area contributed by atoms with Gasteiger partial charge in [0, 0.05) is 36.3 Å². The van der Waals surface area contributed by atoms with E-state index in [1.54, 1.807) is 31.3 Å². The number of hydrogen-bond donors (Lipinski definition) is 2. The van der Waals surface area contributed by atoms with Crippen molar-refractivity contribution in [3.05, 3.63) is 47.9 Å². The maximum Gasteiger partial charge on any atom is 0.224 e. The molecule has 26 heavy (non-hydrogen) atoms. The Morgan fingerprint density at radius 2 is 2.12 bits per heavy atom. The Bertz CT molecular complexity index is 853. The van der Waals surface area contributed by atoms with Crippen molar-refractivity contribution in [2.24, 2.45) is 11.8 Å². The minimum atomic E-state index is -0.346. The number of amides is 1. The quantitative estimate of drug-likeness (QED) is 0.877. The molecule has 3 atom stereocenters. The van der Waals surface area contributed by atoms with Crippen molar-refractivity contribution in [3.8, 4) is 5.75 Å². The van der Waals surface area contributed by atoms with Crippen LogP contribution in [0.25, 0.3) is 0 Å². The molecule has 5 nitrogen and oxygen atoms in total. The smallest absolute Gasteiger partial charge is 0.224 e. The van der Waals surface area contributed by atoms with Crippen LogP contribution in [0.2, 0.25) is 0 Å². The number of rotatable bonds is 3. The molecule has 6 heteroatoms. The molecule has 2 heterocycles. The summed E-state index contributed by atoms with van der Waals surface area (Å²) in [4.78, 5) is 18.4. The summed E-state index contributed by atoms with van der Waals surface area (Å²) in [5, 5.41) is 13.4. The summed E-state index contributed by atoms with van der Waals surface area (Å²) < 4.78 is 14.0. The first-order chi connectivity index (χ1) is 12.5. The van der Waals surface area contributed by atoms with Gasteiger partial charge in [0.05, 0.1) is 6.04 Å². The van der Waals surface area contributed by atoms with E-state index in [0.717, 1.165) is 24.1 Å². The van der Waals surface area contributed by atoms with Gasteiger partial charge in [0.15, 0.2) is 11.6 Å². The van der Waals surface area contributed by atoms with Gasteiger partial charge in [0.2, 0.25) is 5.91 Å². The lowest BCUT2D eigenvalue weighted by atomic mass is 9.80. The number of aromatic hydroxyl groups is 1. The van der Waals surface area contributed by atoms with E-state index in [9.17, 15) is 14.3 Å². The molecule has 1 aliphatic heterocycles. The van der Waals surface area contributed by atoms with Crippen LogP contribution in [0.5, 0.6) is 5.75 Å². The van der Waals surface area contributed by atoms with Crippen LogP contribution in [0, 0.1) is 17.7 Å². The minimum Gasteiger partial charge on any atom is -0.504 e. The SMILES string of the molecule is CC(=O)N1c2ccc(F)cc2[C@H](Nc2ncccc2O)[C@@H](C)[C@@H]1C1CC1. The molecule has 0 bridgehead atoms. The third kappa shape index (κ3) is 2.79. The van der Waals surface area contributed by atoms with Gasteiger partial charge in [-0.15, -0.1) is 0 Å². The van der Waals surface area contributed by atoms with E-state index >= 15 is 0 Å². The van der Waals surface area contributed by atoms with Gasteiger partial charge in [-0.05, 0) is 49.1 Å². The van der Waals surface area contributed by atoms with Crippen LogP contribution in [0.1, 0.15) is 38.3 Å². The van der Waals surface area contributed by atoms with Gasteiger partial charge < -0.3 is 15.3 Å². The Morgan fingerprint density at radius 1 is 1.35 bits per heavy atom. The fourth-order valence-corrected chi connectivity index (χ4v) is 4.19. The first-order valence-corrected chi connectivity index (χ1v) is 8.97. The van der Waals surface area contributed by atoms with Crippen molar-refractivity contribution in [2.75, 3.05) is 10.2 Å². The molecule has 1 aliphatic carbocycles. The number of nitrogens with zero attached hydrogens (tertiary/aromatic N) is 2. The number of aromatic nitrogens is 1. The van der Waals surface area contributed by atoms with Crippen molar-refractivity contribution in [1.82, 2.24) is 4.98 Å². The summed E-state index contributed by atoms with van der Waals surface area (Å²) in [5.74, 6) is 0.540. The molecule has 0 unspecified atom stereocenters. The highest BCUT2D eigenvalue weighted by molar-refractivity contribution is 5.94. The fraction of sp³-hybridized carbons (Fsp3) is 0.400. The number of benzene rings is 1. The van der Waals surface area contributed by atoms with E-state index in [-0.39, 0.29) is 35.5 Å². The second kappa shape index (κ2) is 6.27. The zero-order valence-corrected chi connectivity index (χ0v) is 14.8. The lowest BCUT2D eigenvalue weighted by molar-refractivity contribution is -0.117. The second-order valence-corrected chi connectivity index (χ2v) is 7.27. The van der Waals surface area contributed by atoms with Gasteiger partial charge in [-0.25, -0.2) is 9.37 Å². The molecule has 0 spiro atoms. The van der Waals surface area contributed by atoms with E-state index in [1.807, 2.05) is 4.90 Å². The first-order valence-electron chi connectivity index (χ1n) is 8.97. The maximum absolute atomic E-state index is 14.0. The lowest BCUT2D eigenvalue weighted by Crippen LogP contribution is -2.51. The van der Waals surface area contributed by atoms with E-state index in [2.05, 4.69) is 17.2 Å². The average Bonchev–Trinajstić information content (AvgIpc) is 3.43. The molecule has 2 aromatic rings. The molecule has 1 aromatic carbocycles. The molecule has 0 radical (unpaired) electrons. The van der Waals surface area contributed by atoms with E-state index in [1.165, 1.54) is 12.1 Å². The highest BCUT2D eigenvalue weighted by Crippen LogP contribution is 2.50. The van der Waals surface area contributed by atoms with Crippen LogP contribution in [0.15, 0.2) is 36.5 Å². The number of carbonyl (C=O) groups excluding carboxylic acids is 1. The number of halogens is 1. The number of pyridine rings is 1. The molecule has 4 rings (SSSR count). The van der Waals surface area contributed by atoms with Crippen molar-refractivity contribution in [2.45, 2.75) is 38.8 Å². The summed E-state index contributed by atoms with van der Waals surface area (Å²) in [6.07, 6.45) is 3.79. The van der Waals surface area contributed by atoms with Crippen LogP contribution >= 0.6 is 0 Å². The van der Waals surface area contributed by atoms with Crippen molar-refractivity contribution < 1.29 is 14.3 Å². The molecular weight excluding hydrogens is 333 g/mol. The Labute approximate surface area is 151 Å². The van der Waals surface area contributed by atoms with E-state index < -0.39 is 0 Å². The molecule has 2 aliphatic rings. The fourth-order valence-electron chi connectivity index (χ4n) is 4.19. The Balaban J connectivity index is 1.82. The predicted molar refractivity (Wildman–Crippen MR) is 97.5 cm³/mol. The van der Waals surface area contributed by atoms with Gasteiger partial charge in [-0.3, -0.25) is 4.79 Å². The summed E-state index contributed by atoms with van der Waals surface area (Å²) in [7, 11) is 0. The molecular formula is C20H22FN3O2. The Morgan fingerprint density at radius 3 is 2.77 bits per heavy atom. The molecule has 136 valence electrons. The third-order valence-electron chi connectivity index (χ3n) is 5.47. The number of anilines is 2. The minimum absolute atomic E-state index is 0.0271. The van der Waals surface area contributed by atoms with Gasteiger partial charge in [-0.1, -0.05) is 6.92 Å². The Kier molecular flexibility index (Phi) is 4.05. The van der Waals surface area contributed by atoms with Crippen LogP contribution < -0.4 is 10.2 Å². The van der Waals surface area contributed by atoms with Crippen molar-refractivity contribution >= 4 is 17.4 Å². The van der Waals surface area contributed by atoms with Crippen molar-refractivity contribution in [3.63, 3.8) is 0 Å². The van der Waals surface area contributed by atoms with Gasteiger partial charge in [-0.2, -0.15) is 0 Å².